The lowest BCUT2D eigenvalue weighted by molar-refractivity contribution is -0.118. The lowest BCUT2D eigenvalue weighted by Crippen LogP contribution is -2.33. The molecule has 0 aromatic heterocycles. The zero-order valence-electron chi connectivity index (χ0n) is 15.9. The van der Waals surface area contributed by atoms with Crippen LogP contribution in [0.2, 0.25) is 0 Å². The first-order valence-electron chi connectivity index (χ1n) is 9.62. The molecule has 0 aliphatic carbocycles. The summed E-state index contributed by atoms with van der Waals surface area (Å²) in [4.78, 5) is 28.4. The predicted octanol–water partition coefficient (Wildman–Crippen LogP) is 3.66. The molecule has 5 heteroatoms. The molecular formula is C22H27N3O2. The molecule has 1 heterocycles. The quantitative estimate of drug-likeness (QED) is 0.777. The molecule has 2 aromatic carbocycles. The maximum absolute atomic E-state index is 12.6. The van der Waals surface area contributed by atoms with Gasteiger partial charge in [0.1, 0.15) is 0 Å². The van der Waals surface area contributed by atoms with Gasteiger partial charge in [-0.3, -0.25) is 14.5 Å². The third kappa shape index (κ3) is 5.41. The smallest absolute Gasteiger partial charge is 0.238 e. The Morgan fingerprint density at radius 3 is 2.67 bits per heavy atom. The largest absolute Gasteiger partial charge is 0.325 e. The van der Waals surface area contributed by atoms with E-state index >= 15 is 0 Å². The molecule has 1 fully saturated rings. The summed E-state index contributed by atoms with van der Waals surface area (Å²) in [7, 11) is 0. The lowest BCUT2D eigenvalue weighted by atomic mass is 10.2. The maximum atomic E-state index is 12.6. The minimum atomic E-state index is -0.0377. The number of hydrogen-bond acceptors (Lipinski definition) is 3. The summed E-state index contributed by atoms with van der Waals surface area (Å²) in [6, 6.07) is 17.7. The minimum absolute atomic E-state index is 0.0377. The summed E-state index contributed by atoms with van der Waals surface area (Å²) in [5.74, 6) is 0.111. The molecule has 3 rings (SSSR count). The van der Waals surface area contributed by atoms with E-state index in [0.29, 0.717) is 13.0 Å². The molecule has 0 radical (unpaired) electrons. The van der Waals surface area contributed by atoms with Gasteiger partial charge in [0.25, 0.3) is 0 Å². The number of carbonyl (C=O) groups excluding carboxylic acids is 2. The molecule has 1 N–H and O–H groups in total. The molecular weight excluding hydrogens is 338 g/mol. The SMILES string of the molecule is CCCN(CC(=O)Nc1cccc(N2CCCC2=O)c1)Cc1ccccc1. The Morgan fingerprint density at radius 1 is 1.15 bits per heavy atom. The molecule has 27 heavy (non-hydrogen) atoms. The van der Waals surface area contributed by atoms with Gasteiger partial charge >= 0.3 is 0 Å². The number of amides is 2. The molecule has 2 aromatic rings. The van der Waals surface area contributed by atoms with Crippen molar-refractivity contribution in [3.8, 4) is 0 Å². The summed E-state index contributed by atoms with van der Waals surface area (Å²) in [6.07, 6.45) is 2.48. The van der Waals surface area contributed by atoms with E-state index in [-0.39, 0.29) is 11.8 Å². The van der Waals surface area contributed by atoms with E-state index in [1.54, 1.807) is 4.90 Å². The highest BCUT2D eigenvalue weighted by Crippen LogP contribution is 2.24. The first-order chi connectivity index (χ1) is 13.2. The highest BCUT2D eigenvalue weighted by atomic mass is 16.2. The predicted molar refractivity (Wildman–Crippen MR) is 109 cm³/mol. The molecule has 0 bridgehead atoms. The molecule has 2 amide bonds. The standard InChI is InChI=1S/C22H27N3O2/c1-2-13-24(16-18-8-4-3-5-9-18)17-21(26)23-19-10-6-11-20(15-19)25-14-7-12-22(25)27/h3-6,8-11,15H,2,7,12-14,16-17H2,1H3,(H,23,26). The average molecular weight is 365 g/mol. The Hall–Kier alpha value is -2.66. The Kier molecular flexibility index (Phi) is 6.60. The van der Waals surface area contributed by atoms with Crippen LogP contribution in [-0.4, -0.2) is 36.3 Å². The highest BCUT2D eigenvalue weighted by molar-refractivity contribution is 5.97. The van der Waals surface area contributed by atoms with Gasteiger partial charge in [-0.15, -0.1) is 0 Å². The van der Waals surface area contributed by atoms with Gasteiger partial charge in [0.15, 0.2) is 0 Å². The van der Waals surface area contributed by atoms with Crippen molar-refractivity contribution in [2.75, 3.05) is 29.9 Å². The van der Waals surface area contributed by atoms with Crippen LogP contribution in [0.3, 0.4) is 0 Å². The van der Waals surface area contributed by atoms with Crippen molar-refractivity contribution in [3.63, 3.8) is 0 Å². The van der Waals surface area contributed by atoms with Gasteiger partial charge in [-0.25, -0.2) is 0 Å². The second-order valence-corrected chi connectivity index (χ2v) is 6.94. The summed E-state index contributed by atoms with van der Waals surface area (Å²) >= 11 is 0. The summed E-state index contributed by atoms with van der Waals surface area (Å²) in [5, 5.41) is 2.98. The van der Waals surface area contributed by atoms with Crippen LogP contribution in [0.15, 0.2) is 54.6 Å². The second-order valence-electron chi connectivity index (χ2n) is 6.94. The fourth-order valence-electron chi connectivity index (χ4n) is 3.45. The van der Waals surface area contributed by atoms with Crippen molar-refractivity contribution < 1.29 is 9.59 Å². The van der Waals surface area contributed by atoms with Gasteiger partial charge in [0, 0.05) is 30.9 Å². The van der Waals surface area contributed by atoms with Crippen LogP contribution in [0, 0.1) is 0 Å². The number of benzene rings is 2. The van der Waals surface area contributed by atoms with Crippen molar-refractivity contribution in [1.82, 2.24) is 4.90 Å². The lowest BCUT2D eigenvalue weighted by Gasteiger charge is -2.21. The van der Waals surface area contributed by atoms with Crippen molar-refractivity contribution in [3.05, 3.63) is 60.2 Å². The molecule has 1 aliphatic heterocycles. The Balaban J connectivity index is 1.61. The highest BCUT2D eigenvalue weighted by Gasteiger charge is 2.21. The molecule has 0 spiro atoms. The Labute approximate surface area is 161 Å². The van der Waals surface area contributed by atoms with E-state index < -0.39 is 0 Å². The second kappa shape index (κ2) is 9.33. The van der Waals surface area contributed by atoms with Crippen LogP contribution < -0.4 is 10.2 Å². The van der Waals surface area contributed by atoms with E-state index in [2.05, 4.69) is 29.3 Å². The van der Waals surface area contributed by atoms with Gasteiger partial charge in [-0.2, -0.15) is 0 Å². The average Bonchev–Trinajstić information content (AvgIpc) is 3.09. The summed E-state index contributed by atoms with van der Waals surface area (Å²) < 4.78 is 0. The van der Waals surface area contributed by atoms with E-state index in [1.807, 2.05) is 42.5 Å². The topological polar surface area (TPSA) is 52.7 Å². The molecule has 5 nitrogen and oxygen atoms in total. The number of hydrogen-bond donors (Lipinski definition) is 1. The van der Waals surface area contributed by atoms with E-state index in [9.17, 15) is 9.59 Å². The minimum Gasteiger partial charge on any atom is -0.325 e. The van der Waals surface area contributed by atoms with Crippen molar-refractivity contribution >= 4 is 23.2 Å². The van der Waals surface area contributed by atoms with Gasteiger partial charge in [0.2, 0.25) is 11.8 Å². The van der Waals surface area contributed by atoms with Crippen LogP contribution in [0.25, 0.3) is 0 Å². The van der Waals surface area contributed by atoms with E-state index in [0.717, 1.165) is 43.9 Å². The van der Waals surface area contributed by atoms with Crippen LogP contribution >= 0.6 is 0 Å². The molecule has 0 atom stereocenters. The summed E-state index contributed by atoms with van der Waals surface area (Å²) in [6.45, 7) is 4.83. The van der Waals surface area contributed by atoms with Gasteiger partial charge in [0.05, 0.1) is 6.54 Å². The zero-order chi connectivity index (χ0) is 19.1. The number of rotatable bonds is 8. The molecule has 1 saturated heterocycles. The molecule has 142 valence electrons. The molecule has 0 saturated carbocycles. The third-order valence-electron chi connectivity index (χ3n) is 4.67. The monoisotopic (exact) mass is 365 g/mol. The fraction of sp³-hybridized carbons (Fsp3) is 0.364. The first kappa shape index (κ1) is 19.1. The van der Waals surface area contributed by atoms with Crippen molar-refractivity contribution in [1.29, 1.82) is 0 Å². The fourth-order valence-corrected chi connectivity index (χ4v) is 3.45. The Morgan fingerprint density at radius 2 is 1.96 bits per heavy atom. The van der Waals surface area contributed by atoms with Crippen LogP contribution in [0.1, 0.15) is 31.7 Å². The number of nitrogens with zero attached hydrogens (tertiary/aromatic N) is 2. The van der Waals surface area contributed by atoms with E-state index in [4.69, 9.17) is 0 Å². The number of carbonyl (C=O) groups is 2. The Bertz CT molecular complexity index is 776. The van der Waals surface area contributed by atoms with Crippen molar-refractivity contribution in [2.45, 2.75) is 32.7 Å². The first-order valence-corrected chi connectivity index (χ1v) is 9.62. The summed E-state index contributed by atoms with van der Waals surface area (Å²) in [5.41, 5.74) is 2.78. The number of nitrogens with one attached hydrogen (secondary N) is 1. The van der Waals surface area contributed by atoms with Gasteiger partial charge < -0.3 is 10.2 Å². The molecule has 1 aliphatic rings. The van der Waals surface area contributed by atoms with Crippen LogP contribution in [-0.2, 0) is 16.1 Å². The van der Waals surface area contributed by atoms with Crippen LogP contribution in [0.5, 0.6) is 0 Å². The third-order valence-corrected chi connectivity index (χ3v) is 4.67. The van der Waals surface area contributed by atoms with Crippen molar-refractivity contribution in [2.24, 2.45) is 0 Å². The number of anilines is 2. The van der Waals surface area contributed by atoms with E-state index in [1.165, 1.54) is 5.56 Å². The zero-order valence-corrected chi connectivity index (χ0v) is 15.9. The molecule has 0 unspecified atom stereocenters. The van der Waals surface area contributed by atoms with Gasteiger partial charge in [-0.1, -0.05) is 43.3 Å². The van der Waals surface area contributed by atoms with Crippen LogP contribution in [0.4, 0.5) is 11.4 Å². The van der Waals surface area contributed by atoms with Gasteiger partial charge in [-0.05, 0) is 43.1 Å². The normalized spacial score (nSPS) is 14.0. The maximum Gasteiger partial charge on any atom is 0.238 e.